The molecule has 0 bridgehead atoms. The molecule has 1 unspecified atom stereocenters. The van der Waals surface area contributed by atoms with Crippen LogP contribution in [0, 0.1) is 11.3 Å². The first-order chi connectivity index (χ1) is 9.79. The monoisotopic (exact) mass is 296 g/mol. The van der Waals surface area contributed by atoms with E-state index >= 15 is 0 Å². The van der Waals surface area contributed by atoms with E-state index in [9.17, 15) is 4.79 Å². The van der Waals surface area contributed by atoms with Crippen molar-refractivity contribution in [3.63, 3.8) is 0 Å². The van der Waals surface area contributed by atoms with E-state index in [-0.39, 0.29) is 6.04 Å². The highest BCUT2D eigenvalue weighted by molar-refractivity contribution is 5.72. The molecular formula is C17H32N2O2. The molecule has 4 nitrogen and oxygen atoms in total. The number of hydrogen-bond acceptors (Lipinski definition) is 3. The molecule has 1 saturated heterocycles. The van der Waals surface area contributed by atoms with Gasteiger partial charge >= 0.3 is 5.97 Å². The largest absolute Gasteiger partial charge is 0.480 e. The van der Waals surface area contributed by atoms with Crippen LogP contribution in [-0.4, -0.2) is 59.1 Å². The van der Waals surface area contributed by atoms with Gasteiger partial charge in [-0.1, -0.05) is 20.8 Å². The van der Waals surface area contributed by atoms with Gasteiger partial charge in [-0.3, -0.25) is 14.6 Å². The molecule has 0 spiro atoms. The Morgan fingerprint density at radius 3 is 2.00 bits per heavy atom. The van der Waals surface area contributed by atoms with Gasteiger partial charge in [0.2, 0.25) is 0 Å². The lowest BCUT2D eigenvalue weighted by Crippen LogP contribution is -2.54. The van der Waals surface area contributed by atoms with Crippen LogP contribution in [0.15, 0.2) is 0 Å². The predicted octanol–water partition coefficient (Wildman–Crippen LogP) is 2.68. The van der Waals surface area contributed by atoms with Crippen LogP contribution in [0.1, 0.15) is 53.4 Å². The summed E-state index contributed by atoms with van der Waals surface area (Å²) in [5.74, 6) is 0.163. The third kappa shape index (κ3) is 4.19. The quantitative estimate of drug-likeness (QED) is 0.869. The first-order valence-corrected chi connectivity index (χ1v) is 8.50. The molecule has 0 aromatic heterocycles. The Morgan fingerprint density at radius 1 is 1.05 bits per heavy atom. The van der Waals surface area contributed by atoms with Gasteiger partial charge in [-0.15, -0.1) is 0 Å². The van der Waals surface area contributed by atoms with Gasteiger partial charge in [-0.2, -0.15) is 0 Å². The van der Waals surface area contributed by atoms with Gasteiger partial charge in [-0.25, -0.2) is 0 Å². The van der Waals surface area contributed by atoms with E-state index in [2.05, 4.69) is 30.6 Å². The summed E-state index contributed by atoms with van der Waals surface area (Å²) in [6, 6.07) is 0.384. The molecule has 2 fully saturated rings. The van der Waals surface area contributed by atoms with E-state index in [1.54, 1.807) is 6.92 Å². The molecule has 122 valence electrons. The number of piperazine rings is 1. The topological polar surface area (TPSA) is 43.8 Å². The summed E-state index contributed by atoms with van der Waals surface area (Å²) in [4.78, 5) is 15.8. The molecular weight excluding hydrogens is 264 g/mol. The molecule has 2 aliphatic rings. The van der Waals surface area contributed by atoms with Crippen LogP contribution in [-0.2, 0) is 4.79 Å². The van der Waals surface area contributed by atoms with Crippen LogP contribution in [0.3, 0.4) is 0 Å². The van der Waals surface area contributed by atoms with Crippen molar-refractivity contribution in [1.82, 2.24) is 9.80 Å². The van der Waals surface area contributed by atoms with Gasteiger partial charge in [0.25, 0.3) is 0 Å². The number of rotatable bonds is 3. The average Bonchev–Trinajstić information content (AvgIpc) is 2.46. The van der Waals surface area contributed by atoms with E-state index in [0.29, 0.717) is 5.41 Å². The minimum atomic E-state index is -0.700. The van der Waals surface area contributed by atoms with Crippen molar-refractivity contribution >= 4 is 5.97 Å². The zero-order valence-electron chi connectivity index (χ0n) is 14.1. The van der Waals surface area contributed by atoms with Crippen LogP contribution >= 0.6 is 0 Å². The molecule has 0 amide bonds. The SMILES string of the molecule is CC(C(=O)O)N1CCN(C2CCC(C(C)(C)C)CC2)CC1. The molecule has 0 aromatic rings. The molecule has 1 atom stereocenters. The fraction of sp³-hybridized carbons (Fsp3) is 0.941. The number of carbonyl (C=O) groups is 1. The Hall–Kier alpha value is -0.610. The van der Waals surface area contributed by atoms with E-state index in [1.807, 2.05) is 0 Å². The summed E-state index contributed by atoms with van der Waals surface area (Å²) >= 11 is 0. The van der Waals surface area contributed by atoms with Crippen molar-refractivity contribution in [1.29, 1.82) is 0 Å². The number of carboxylic acid groups (broad SMARTS) is 1. The predicted molar refractivity (Wildman–Crippen MR) is 85.4 cm³/mol. The molecule has 1 N–H and O–H groups in total. The lowest BCUT2D eigenvalue weighted by molar-refractivity contribution is -0.143. The molecule has 1 heterocycles. The summed E-state index contributed by atoms with van der Waals surface area (Å²) in [5.41, 5.74) is 0.445. The Balaban J connectivity index is 1.78. The van der Waals surface area contributed by atoms with Crippen molar-refractivity contribution in [2.45, 2.75) is 65.5 Å². The average molecular weight is 296 g/mol. The van der Waals surface area contributed by atoms with Crippen LogP contribution < -0.4 is 0 Å². The molecule has 2 rings (SSSR count). The Morgan fingerprint density at radius 2 is 1.57 bits per heavy atom. The minimum Gasteiger partial charge on any atom is -0.480 e. The molecule has 1 saturated carbocycles. The summed E-state index contributed by atoms with van der Waals surface area (Å²) < 4.78 is 0. The Kier molecular flexibility index (Phi) is 5.31. The summed E-state index contributed by atoms with van der Waals surface area (Å²) in [6.45, 7) is 12.7. The van der Waals surface area contributed by atoms with Gasteiger partial charge in [0.15, 0.2) is 0 Å². The van der Waals surface area contributed by atoms with Crippen molar-refractivity contribution in [2.24, 2.45) is 11.3 Å². The normalized spacial score (nSPS) is 31.0. The molecule has 4 heteroatoms. The third-order valence-corrected chi connectivity index (χ3v) is 5.69. The molecule has 1 aliphatic heterocycles. The lowest BCUT2D eigenvalue weighted by atomic mass is 9.71. The first-order valence-electron chi connectivity index (χ1n) is 8.50. The van der Waals surface area contributed by atoms with Gasteiger partial charge in [0, 0.05) is 32.2 Å². The fourth-order valence-corrected chi connectivity index (χ4v) is 3.95. The fourth-order valence-electron chi connectivity index (χ4n) is 3.95. The standard InChI is InChI=1S/C17H32N2O2/c1-13(16(20)21)18-9-11-19(12-10-18)15-7-5-14(6-8-15)17(2,3)4/h13-15H,5-12H2,1-4H3,(H,20,21). The van der Waals surface area contributed by atoms with Crippen molar-refractivity contribution in [2.75, 3.05) is 26.2 Å². The van der Waals surface area contributed by atoms with E-state index in [1.165, 1.54) is 25.7 Å². The summed E-state index contributed by atoms with van der Waals surface area (Å²) in [5, 5.41) is 9.10. The van der Waals surface area contributed by atoms with Crippen LogP contribution in [0.2, 0.25) is 0 Å². The molecule has 21 heavy (non-hydrogen) atoms. The first kappa shape index (κ1) is 16.8. The number of aliphatic carboxylic acids is 1. The van der Waals surface area contributed by atoms with E-state index in [0.717, 1.165) is 38.1 Å². The minimum absolute atomic E-state index is 0.344. The zero-order chi connectivity index (χ0) is 15.6. The summed E-state index contributed by atoms with van der Waals surface area (Å²) in [6.07, 6.45) is 5.33. The van der Waals surface area contributed by atoms with Crippen molar-refractivity contribution < 1.29 is 9.90 Å². The Bertz CT molecular complexity index is 348. The van der Waals surface area contributed by atoms with Gasteiger partial charge in [-0.05, 0) is 43.9 Å². The highest BCUT2D eigenvalue weighted by Crippen LogP contribution is 2.39. The lowest BCUT2D eigenvalue weighted by Gasteiger charge is -2.44. The van der Waals surface area contributed by atoms with Crippen LogP contribution in [0.4, 0.5) is 0 Å². The Labute approximate surface area is 129 Å². The van der Waals surface area contributed by atoms with Crippen molar-refractivity contribution in [3.05, 3.63) is 0 Å². The van der Waals surface area contributed by atoms with Gasteiger partial charge in [0.1, 0.15) is 6.04 Å². The maximum atomic E-state index is 11.1. The number of carboxylic acids is 1. The molecule has 0 radical (unpaired) electrons. The zero-order valence-corrected chi connectivity index (χ0v) is 14.1. The number of nitrogens with zero attached hydrogens (tertiary/aromatic N) is 2. The number of hydrogen-bond donors (Lipinski definition) is 1. The van der Waals surface area contributed by atoms with Gasteiger partial charge in [0.05, 0.1) is 0 Å². The smallest absolute Gasteiger partial charge is 0.320 e. The van der Waals surface area contributed by atoms with Gasteiger partial charge < -0.3 is 5.11 Å². The van der Waals surface area contributed by atoms with Crippen LogP contribution in [0.5, 0.6) is 0 Å². The second kappa shape index (κ2) is 6.66. The maximum Gasteiger partial charge on any atom is 0.320 e. The van der Waals surface area contributed by atoms with Crippen molar-refractivity contribution in [3.8, 4) is 0 Å². The van der Waals surface area contributed by atoms with Crippen LogP contribution in [0.25, 0.3) is 0 Å². The van der Waals surface area contributed by atoms with E-state index in [4.69, 9.17) is 5.11 Å². The highest BCUT2D eigenvalue weighted by Gasteiger charge is 2.34. The second-order valence-corrected chi connectivity index (χ2v) is 7.96. The molecule has 0 aromatic carbocycles. The highest BCUT2D eigenvalue weighted by atomic mass is 16.4. The molecule has 1 aliphatic carbocycles. The van der Waals surface area contributed by atoms with E-state index < -0.39 is 5.97 Å². The second-order valence-electron chi connectivity index (χ2n) is 7.96. The summed E-state index contributed by atoms with van der Waals surface area (Å²) in [7, 11) is 0. The maximum absolute atomic E-state index is 11.1. The third-order valence-electron chi connectivity index (χ3n) is 5.69.